The number of rotatable bonds is 41. The Hall–Kier alpha value is -1.27. The SMILES string of the molecule is CCCCC/C=C\CCCCCCCCOCC(COC1OC(COC2OC(CO)C(O)C(O)C2O)C(O)C(O)C1O)OC(=O)CCCCCCCCCCCCCCCCCCC. The van der Waals surface area contributed by atoms with Crippen molar-refractivity contribution in [3.05, 3.63) is 12.2 Å². The van der Waals surface area contributed by atoms with Crippen molar-refractivity contribution in [3.63, 3.8) is 0 Å². The van der Waals surface area contributed by atoms with Gasteiger partial charge in [-0.3, -0.25) is 4.79 Å². The van der Waals surface area contributed by atoms with Gasteiger partial charge < -0.3 is 64.2 Å². The fourth-order valence-corrected chi connectivity index (χ4v) is 8.28. The van der Waals surface area contributed by atoms with E-state index in [1.54, 1.807) is 0 Å². The molecular formula is C50H94O14. The van der Waals surface area contributed by atoms with Gasteiger partial charge in [0.2, 0.25) is 0 Å². The van der Waals surface area contributed by atoms with Crippen LogP contribution < -0.4 is 0 Å². The minimum Gasteiger partial charge on any atom is -0.457 e. The molecule has 0 aromatic rings. The third-order valence-electron chi connectivity index (χ3n) is 12.5. The molecule has 378 valence electrons. The van der Waals surface area contributed by atoms with Crippen LogP contribution in [0.25, 0.3) is 0 Å². The second-order valence-electron chi connectivity index (χ2n) is 18.3. The predicted octanol–water partition coefficient (Wildman–Crippen LogP) is 7.46. The highest BCUT2D eigenvalue weighted by Gasteiger charge is 2.47. The van der Waals surface area contributed by atoms with Gasteiger partial charge in [-0.1, -0.05) is 167 Å². The third kappa shape index (κ3) is 26.3. The molecule has 2 fully saturated rings. The number of allylic oxidation sites excluding steroid dienone is 2. The van der Waals surface area contributed by atoms with Crippen molar-refractivity contribution in [1.29, 1.82) is 0 Å². The van der Waals surface area contributed by atoms with E-state index in [1.807, 2.05) is 0 Å². The fourth-order valence-electron chi connectivity index (χ4n) is 8.28. The van der Waals surface area contributed by atoms with Crippen molar-refractivity contribution >= 4 is 5.97 Å². The van der Waals surface area contributed by atoms with Gasteiger partial charge in [0.1, 0.15) is 54.9 Å². The van der Waals surface area contributed by atoms with Gasteiger partial charge in [-0.15, -0.1) is 0 Å². The molecule has 64 heavy (non-hydrogen) atoms. The van der Waals surface area contributed by atoms with E-state index in [0.717, 1.165) is 44.9 Å². The maximum atomic E-state index is 13.0. The normalized spacial score (nSPS) is 26.8. The lowest BCUT2D eigenvalue weighted by molar-refractivity contribution is -0.332. The van der Waals surface area contributed by atoms with Crippen LogP contribution in [0.4, 0.5) is 0 Å². The number of aliphatic hydroxyl groups excluding tert-OH is 7. The second-order valence-corrected chi connectivity index (χ2v) is 18.3. The third-order valence-corrected chi connectivity index (χ3v) is 12.5. The number of carbonyl (C=O) groups is 1. The zero-order valence-corrected chi connectivity index (χ0v) is 40.0. The van der Waals surface area contributed by atoms with Gasteiger partial charge >= 0.3 is 5.97 Å². The zero-order valence-electron chi connectivity index (χ0n) is 40.0. The van der Waals surface area contributed by atoms with Gasteiger partial charge in [0, 0.05) is 13.0 Å². The van der Waals surface area contributed by atoms with E-state index in [2.05, 4.69) is 26.0 Å². The average molecular weight is 919 g/mol. The molecule has 2 aliphatic heterocycles. The van der Waals surface area contributed by atoms with Crippen LogP contribution in [0.3, 0.4) is 0 Å². The summed E-state index contributed by atoms with van der Waals surface area (Å²) in [5, 5.41) is 72.1. The van der Waals surface area contributed by atoms with Gasteiger partial charge in [0.15, 0.2) is 12.6 Å². The summed E-state index contributed by atoms with van der Waals surface area (Å²) < 4.78 is 34.3. The highest BCUT2D eigenvalue weighted by atomic mass is 16.7. The van der Waals surface area contributed by atoms with Crippen LogP contribution in [0.5, 0.6) is 0 Å². The molecule has 0 aliphatic carbocycles. The van der Waals surface area contributed by atoms with Crippen LogP contribution in [-0.2, 0) is 33.2 Å². The maximum absolute atomic E-state index is 13.0. The first-order valence-corrected chi connectivity index (χ1v) is 25.8. The summed E-state index contributed by atoms with van der Waals surface area (Å²) in [4.78, 5) is 13.0. The van der Waals surface area contributed by atoms with Gasteiger partial charge in [0.05, 0.1) is 26.4 Å². The van der Waals surface area contributed by atoms with Gasteiger partial charge in [0.25, 0.3) is 0 Å². The van der Waals surface area contributed by atoms with Crippen LogP contribution in [0.2, 0.25) is 0 Å². The Morgan fingerprint density at radius 1 is 0.500 bits per heavy atom. The Labute approximate surface area is 386 Å². The lowest BCUT2D eigenvalue weighted by Crippen LogP contribution is -2.61. The second kappa shape index (κ2) is 38.7. The molecule has 2 aliphatic rings. The largest absolute Gasteiger partial charge is 0.457 e. The average Bonchev–Trinajstić information content (AvgIpc) is 3.29. The van der Waals surface area contributed by atoms with E-state index in [9.17, 15) is 40.5 Å². The van der Waals surface area contributed by atoms with E-state index in [1.165, 1.54) is 128 Å². The molecule has 2 rings (SSSR count). The van der Waals surface area contributed by atoms with E-state index >= 15 is 0 Å². The first-order chi connectivity index (χ1) is 31.1. The Kier molecular flexibility index (Phi) is 35.6. The predicted molar refractivity (Wildman–Crippen MR) is 247 cm³/mol. The number of hydrogen-bond acceptors (Lipinski definition) is 14. The van der Waals surface area contributed by atoms with Crippen molar-refractivity contribution in [2.45, 2.75) is 268 Å². The minimum atomic E-state index is -1.70. The lowest BCUT2D eigenvalue weighted by Gasteiger charge is -2.42. The smallest absolute Gasteiger partial charge is 0.306 e. The van der Waals surface area contributed by atoms with Crippen LogP contribution in [-0.4, -0.2) is 142 Å². The number of carbonyl (C=O) groups excluding carboxylic acids is 1. The summed E-state index contributed by atoms with van der Waals surface area (Å²) in [6, 6.07) is 0. The molecule has 2 saturated heterocycles. The first kappa shape index (κ1) is 58.9. The maximum Gasteiger partial charge on any atom is 0.306 e. The summed E-state index contributed by atoms with van der Waals surface area (Å²) in [6.07, 6.45) is 22.7. The van der Waals surface area contributed by atoms with Crippen LogP contribution >= 0.6 is 0 Å². The molecule has 7 N–H and O–H groups in total. The zero-order chi connectivity index (χ0) is 46.6. The van der Waals surface area contributed by atoms with Crippen molar-refractivity contribution < 1.29 is 69.0 Å². The summed E-state index contributed by atoms with van der Waals surface area (Å²) in [7, 11) is 0. The summed E-state index contributed by atoms with van der Waals surface area (Å²) in [5.74, 6) is -0.375. The van der Waals surface area contributed by atoms with Gasteiger partial charge in [-0.05, 0) is 38.5 Å². The Bertz CT molecular complexity index is 1110. The quantitative estimate of drug-likeness (QED) is 0.0180. The number of ether oxygens (including phenoxy) is 6. The molecule has 2 heterocycles. The van der Waals surface area contributed by atoms with Gasteiger partial charge in [-0.2, -0.15) is 0 Å². The highest BCUT2D eigenvalue weighted by Crippen LogP contribution is 2.26. The summed E-state index contributed by atoms with van der Waals surface area (Å²) >= 11 is 0. The molecule has 0 spiro atoms. The van der Waals surface area contributed by atoms with Crippen LogP contribution in [0.1, 0.15) is 200 Å². The molecule has 0 bridgehead atoms. The van der Waals surface area contributed by atoms with E-state index < -0.39 is 80.7 Å². The first-order valence-electron chi connectivity index (χ1n) is 25.8. The molecule has 14 heteroatoms. The molecule has 0 amide bonds. The molecule has 11 atom stereocenters. The van der Waals surface area contributed by atoms with Crippen LogP contribution in [0.15, 0.2) is 12.2 Å². The molecule has 0 saturated carbocycles. The van der Waals surface area contributed by atoms with Gasteiger partial charge in [-0.25, -0.2) is 0 Å². The number of unbranched alkanes of at least 4 members (excludes halogenated alkanes) is 25. The van der Waals surface area contributed by atoms with Crippen molar-refractivity contribution in [1.82, 2.24) is 0 Å². The van der Waals surface area contributed by atoms with E-state index in [0.29, 0.717) is 13.0 Å². The van der Waals surface area contributed by atoms with Crippen molar-refractivity contribution in [2.75, 3.05) is 33.0 Å². The standard InChI is InChI=1S/C50H94O14/c1-3-5-7-9-11-13-15-17-18-19-20-21-23-25-27-29-31-33-42(52)62-39(36-59-34-32-30-28-26-24-22-16-14-12-10-8-6-4-2)37-60-49-48(58)46(56)44(54)41(64-49)38-61-50-47(57)45(55)43(53)40(35-51)63-50/h12,14,39-41,43-51,53-58H,3-11,13,15-38H2,1-2H3/b14-12-. The monoisotopic (exact) mass is 919 g/mol. The number of esters is 1. The molecule has 0 aromatic heterocycles. The van der Waals surface area contributed by atoms with Crippen molar-refractivity contribution in [2.24, 2.45) is 0 Å². The van der Waals surface area contributed by atoms with E-state index in [4.69, 9.17) is 28.4 Å². The number of hydrogen-bond donors (Lipinski definition) is 7. The minimum absolute atomic E-state index is 0.0625. The Morgan fingerprint density at radius 3 is 1.45 bits per heavy atom. The fraction of sp³-hybridized carbons (Fsp3) is 0.940. The molecule has 0 radical (unpaired) electrons. The van der Waals surface area contributed by atoms with Crippen LogP contribution in [0, 0.1) is 0 Å². The summed E-state index contributed by atoms with van der Waals surface area (Å²) in [6.45, 7) is 3.68. The highest BCUT2D eigenvalue weighted by molar-refractivity contribution is 5.69. The lowest BCUT2D eigenvalue weighted by atomic mass is 9.98. The van der Waals surface area contributed by atoms with Crippen molar-refractivity contribution in [3.8, 4) is 0 Å². The molecule has 11 unspecified atom stereocenters. The Morgan fingerprint density at radius 2 is 0.922 bits per heavy atom. The molecular weight excluding hydrogens is 825 g/mol. The Balaban J connectivity index is 1.76. The van der Waals surface area contributed by atoms with E-state index in [-0.39, 0.29) is 25.6 Å². The molecule has 14 nitrogen and oxygen atoms in total. The summed E-state index contributed by atoms with van der Waals surface area (Å²) in [5.41, 5.74) is 0. The molecule has 0 aromatic carbocycles. The number of aliphatic hydroxyl groups is 7. The topological polar surface area (TPSA) is 214 Å².